The predicted molar refractivity (Wildman–Crippen MR) is 49.4 cm³/mol. The van der Waals surface area contributed by atoms with E-state index in [0.29, 0.717) is 0 Å². The van der Waals surface area contributed by atoms with Crippen LogP contribution in [0.5, 0.6) is 0 Å². The third kappa shape index (κ3) is 2.33. The molecule has 0 N–H and O–H groups in total. The van der Waals surface area contributed by atoms with Gasteiger partial charge in [-0.1, -0.05) is 6.07 Å². The van der Waals surface area contributed by atoms with Gasteiger partial charge in [-0.05, 0) is 19.2 Å². The zero-order valence-corrected chi connectivity index (χ0v) is 9.61. The van der Waals surface area contributed by atoms with Crippen LogP contribution in [0.25, 0.3) is 0 Å². The van der Waals surface area contributed by atoms with E-state index in [1.54, 1.807) is 6.20 Å². The largest absolute Gasteiger partial charge is 0.406 e. The number of nitrogens with zero attached hydrogens (tertiary/aromatic N) is 3. The summed E-state index contributed by atoms with van der Waals surface area (Å²) in [7, 11) is 3.96. The van der Waals surface area contributed by atoms with Gasteiger partial charge in [0.1, 0.15) is 5.82 Å². The van der Waals surface area contributed by atoms with Gasteiger partial charge in [-0.2, -0.15) is 0 Å². The fourth-order valence-corrected chi connectivity index (χ4v) is 1.09. The molecule has 2 radical (unpaired) electrons. The van der Waals surface area contributed by atoms with Crippen molar-refractivity contribution in [1.29, 1.82) is 0 Å². The summed E-state index contributed by atoms with van der Waals surface area (Å²) in [4.78, 5) is 8.16. The molecule has 0 atom stereocenters. The number of pyridine rings is 1. The molecular weight excluding hydrogens is 341 g/mol. The van der Waals surface area contributed by atoms with Crippen LogP contribution in [0.3, 0.4) is 0 Å². The molecule has 1 aliphatic heterocycles. The molecular formula is C8H9BIrN3. The molecule has 3 nitrogen and oxygen atoms in total. The van der Waals surface area contributed by atoms with Gasteiger partial charge < -0.3 is 9.62 Å². The molecule has 2 heterocycles. The predicted octanol–water partition coefficient (Wildman–Crippen LogP) is 0.836. The van der Waals surface area contributed by atoms with E-state index in [0.717, 1.165) is 5.82 Å². The summed E-state index contributed by atoms with van der Waals surface area (Å²) in [5.74, 6) is 0.943. The van der Waals surface area contributed by atoms with Gasteiger partial charge in [0.25, 0.3) is 0 Å². The Morgan fingerprint density at radius 2 is 2.15 bits per heavy atom. The normalized spacial score (nSPS) is 13.9. The first-order valence-electron chi connectivity index (χ1n) is 3.81. The van der Waals surface area contributed by atoms with Crippen molar-refractivity contribution in [2.75, 3.05) is 11.9 Å². The minimum atomic E-state index is 0. The number of aromatic nitrogens is 1. The quantitative estimate of drug-likeness (QED) is 0.700. The molecule has 0 aromatic carbocycles. The summed E-state index contributed by atoms with van der Waals surface area (Å²) >= 11 is 0. The van der Waals surface area contributed by atoms with E-state index in [2.05, 4.69) is 4.98 Å². The average molecular weight is 350 g/mol. The van der Waals surface area contributed by atoms with Gasteiger partial charge in [0.2, 0.25) is 0 Å². The molecule has 68 valence electrons. The molecule has 0 unspecified atom stereocenters. The van der Waals surface area contributed by atoms with E-state index in [-0.39, 0.29) is 20.1 Å². The van der Waals surface area contributed by atoms with Crippen LogP contribution >= 0.6 is 0 Å². The molecule has 1 aromatic heterocycles. The first-order valence-corrected chi connectivity index (χ1v) is 3.81. The number of hydrogen-bond donors (Lipinski definition) is 0. The first-order chi connectivity index (χ1) is 5.86. The van der Waals surface area contributed by atoms with Crippen LogP contribution in [0.15, 0.2) is 36.8 Å². The van der Waals surface area contributed by atoms with Crippen molar-refractivity contribution in [1.82, 2.24) is 9.79 Å². The molecule has 0 amide bonds. The minimum absolute atomic E-state index is 0. The molecule has 1 aliphatic rings. The van der Waals surface area contributed by atoms with Crippen molar-refractivity contribution in [3.05, 3.63) is 36.8 Å². The van der Waals surface area contributed by atoms with Crippen LogP contribution in [-0.2, 0) is 20.1 Å². The standard InChI is InChI=1S/C8H9BN3.Ir/c1-11-6-7-12(9-11)8-4-2-3-5-10-8;/h2-7H,1H3;. The fourth-order valence-electron chi connectivity index (χ4n) is 1.09. The number of anilines is 1. The van der Waals surface area contributed by atoms with E-state index >= 15 is 0 Å². The summed E-state index contributed by atoms with van der Waals surface area (Å²) < 4.78 is 0. The summed E-state index contributed by atoms with van der Waals surface area (Å²) in [6.45, 7) is 0. The van der Waals surface area contributed by atoms with Gasteiger partial charge in [-0.15, -0.1) is 0 Å². The van der Waals surface area contributed by atoms with Gasteiger partial charge in [0, 0.05) is 38.7 Å². The Labute approximate surface area is 92.1 Å². The average Bonchev–Trinajstić information content (AvgIpc) is 2.54. The van der Waals surface area contributed by atoms with E-state index in [1.165, 1.54) is 0 Å². The molecule has 0 saturated heterocycles. The van der Waals surface area contributed by atoms with E-state index in [1.807, 2.05) is 54.8 Å². The van der Waals surface area contributed by atoms with Crippen LogP contribution in [0.4, 0.5) is 5.82 Å². The van der Waals surface area contributed by atoms with Gasteiger partial charge in [-0.3, -0.25) is 0 Å². The maximum atomic E-state index is 4.21. The molecule has 0 bridgehead atoms. The van der Waals surface area contributed by atoms with Crippen LogP contribution in [0.1, 0.15) is 0 Å². The second kappa shape index (κ2) is 4.44. The Hall–Kier alpha value is -0.796. The topological polar surface area (TPSA) is 19.4 Å². The Morgan fingerprint density at radius 3 is 2.69 bits per heavy atom. The minimum Gasteiger partial charge on any atom is -0.406 e. The monoisotopic (exact) mass is 351 g/mol. The van der Waals surface area contributed by atoms with E-state index < -0.39 is 0 Å². The van der Waals surface area contributed by atoms with Gasteiger partial charge >= 0.3 is 7.55 Å². The van der Waals surface area contributed by atoms with Crippen molar-refractivity contribution in [3.8, 4) is 0 Å². The first kappa shape index (κ1) is 10.3. The van der Waals surface area contributed by atoms with Crippen molar-refractivity contribution in [2.45, 2.75) is 0 Å². The Balaban J connectivity index is 0.000000845. The third-order valence-corrected chi connectivity index (χ3v) is 1.68. The number of hydrogen-bond acceptors (Lipinski definition) is 3. The smallest absolute Gasteiger partial charge is 0.396 e. The molecule has 0 saturated carbocycles. The van der Waals surface area contributed by atoms with Crippen LogP contribution in [-0.4, -0.2) is 24.4 Å². The second-order valence-electron chi connectivity index (χ2n) is 2.67. The zero-order chi connectivity index (χ0) is 8.39. The number of rotatable bonds is 1. The Morgan fingerprint density at radius 1 is 1.31 bits per heavy atom. The van der Waals surface area contributed by atoms with E-state index in [4.69, 9.17) is 0 Å². The van der Waals surface area contributed by atoms with Crippen molar-refractivity contribution >= 4 is 13.4 Å². The third-order valence-electron chi connectivity index (χ3n) is 1.68. The molecule has 2 rings (SSSR count). The molecule has 0 spiro atoms. The van der Waals surface area contributed by atoms with Crippen molar-refractivity contribution in [2.24, 2.45) is 0 Å². The zero-order valence-electron chi connectivity index (χ0n) is 7.22. The Kier molecular flexibility index (Phi) is 3.52. The molecule has 0 fully saturated rings. The summed E-state index contributed by atoms with van der Waals surface area (Å²) in [5, 5.41) is 0. The van der Waals surface area contributed by atoms with E-state index in [9.17, 15) is 0 Å². The molecule has 1 aromatic rings. The summed E-state index contributed by atoms with van der Waals surface area (Å²) in [6, 6.07) is 5.86. The molecule has 13 heavy (non-hydrogen) atoms. The van der Waals surface area contributed by atoms with Gasteiger partial charge in [-0.25, -0.2) is 4.98 Å². The van der Waals surface area contributed by atoms with Gasteiger partial charge in [0.05, 0.1) is 0 Å². The Bertz CT molecular complexity index is 291. The second-order valence-corrected chi connectivity index (χ2v) is 2.67. The molecule has 5 heteroatoms. The van der Waals surface area contributed by atoms with Crippen molar-refractivity contribution in [3.63, 3.8) is 0 Å². The summed E-state index contributed by atoms with van der Waals surface area (Å²) in [5.41, 5.74) is 0. The summed E-state index contributed by atoms with van der Waals surface area (Å²) in [6.07, 6.45) is 5.74. The van der Waals surface area contributed by atoms with Gasteiger partial charge in [0.15, 0.2) is 0 Å². The molecule has 0 aliphatic carbocycles. The van der Waals surface area contributed by atoms with Crippen LogP contribution < -0.4 is 4.81 Å². The SMILES string of the molecule is CN1[B]N(c2ccccn2)C=C1.[Ir]. The fraction of sp³-hybridized carbons (Fsp3) is 0.125. The van der Waals surface area contributed by atoms with Crippen LogP contribution in [0, 0.1) is 0 Å². The van der Waals surface area contributed by atoms with Crippen LogP contribution in [0.2, 0.25) is 0 Å². The maximum Gasteiger partial charge on any atom is 0.396 e. The van der Waals surface area contributed by atoms with Crippen molar-refractivity contribution < 1.29 is 20.1 Å². The maximum absolute atomic E-state index is 4.21.